The van der Waals surface area contributed by atoms with Gasteiger partial charge in [-0.15, -0.1) is 0 Å². The lowest BCUT2D eigenvalue weighted by atomic mass is 10.1. The van der Waals surface area contributed by atoms with Crippen molar-refractivity contribution in [3.8, 4) is 0 Å². The minimum Gasteiger partial charge on any atom is -1.00 e. The van der Waals surface area contributed by atoms with Gasteiger partial charge in [0.05, 0.1) is 0 Å². The van der Waals surface area contributed by atoms with Crippen molar-refractivity contribution in [2.45, 2.75) is 20.4 Å². The van der Waals surface area contributed by atoms with E-state index in [9.17, 15) is 4.79 Å². The summed E-state index contributed by atoms with van der Waals surface area (Å²) in [6.45, 7) is 4.47. The van der Waals surface area contributed by atoms with Crippen molar-refractivity contribution < 1.29 is 26.3 Å². The fourth-order valence-electron chi connectivity index (χ4n) is 1.80. The zero-order valence-electron chi connectivity index (χ0n) is 10.9. The molecule has 100 valence electrons. The van der Waals surface area contributed by atoms with E-state index in [4.69, 9.17) is 0 Å². The second-order valence-electron chi connectivity index (χ2n) is 4.33. The molecular weight excluding hydrogens is 370 g/mol. The van der Waals surface area contributed by atoms with Gasteiger partial charge in [-0.3, -0.25) is 4.79 Å². The van der Waals surface area contributed by atoms with E-state index in [0.29, 0.717) is 6.54 Å². The minimum atomic E-state index is 0. The number of rotatable bonds is 3. The molecular formula is C15H15Br2NO. The van der Waals surface area contributed by atoms with Crippen molar-refractivity contribution >= 4 is 21.7 Å². The van der Waals surface area contributed by atoms with Crippen molar-refractivity contribution in [1.29, 1.82) is 0 Å². The number of pyridine rings is 1. The monoisotopic (exact) mass is 383 g/mol. The first-order chi connectivity index (χ1) is 8.58. The zero-order valence-corrected chi connectivity index (χ0v) is 14.0. The van der Waals surface area contributed by atoms with Crippen LogP contribution in [0.3, 0.4) is 0 Å². The highest BCUT2D eigenvalue weighted by molar-refractivity contribution is 9.10. The van der Waals surface area contributed by atoms with Gasteiger partial charge in [-0.1, -0.05) is 28.1 Å². The molecule has 19 heavy (non-hydrogen) atoms. The molecule has 0 fully saturated rings. The van der Waals surface area contributed by atoms with Crippen LogP contribution in [0.5, 0.6) is 0 Å². The Morgan fingerprint density at radius 1 is 1.16 bits per heavy atom. The maximum absolute atomic E-state index is 12.2. The first-order valence-corrected chi connectivity index (χ1v) is 6.61. The average molecular weight is 385 g/mol. The average Bonchev–Trinajstić information content (AvgIpc) is 2.36. The molecule has 0 bridgehead atoms. The van der Waals surface area contributed by atoms with Crippen LogP contribution in [0.1, 0.15) is 21.6 Å². The topological polar surface area (TPSA) is 20.9 Å². The van der Waals surface area contributed by atoms with Gasteiger partial charge in [0.1, 0.15) is 0 Å². The molecule has 2 nitrogen and oxygen atoms in total. The number of halogens is 2. The van der Waals surface area contributed by atoms with Gasteiger partial charge in [-0.25, -0.2) is 0 Å². The van der Waals surface area contributed by atoms with Gasteiger partial charge >= 0.3 is 0 Å². The molecule has 0 radical (unpaired) electrons. The molecule has 2 aromatic rings. The summed E-state index contributed by atoms with van der Waals surface area (Å²) in [5.74, 6) is 0.126. The van der Waals surface area contributed by atoms with E-state index in [2.05, 4.69) is 28.9 Å². The van der Waals surface area contributed by atoms with Gasteiger partial charge in [-0.2, -0.15) is 4.57 Å². The third kappa shape index (κ3) is 3.98. The van der Waals surface area contributed by atoms with Gasteiger partial charge in [0.2, 0.25) is 12.3 Å². The lowest BCUT2D eigenvalue weighted by molar-refractivity contribution is -0.689. The van der Waals surface area contributed by atoms with Gasteiger partial charge in [-0.05, 0) is 25.1 Å². The van der Waals surface area contributed by atoms with Gasteiger partial charge in [0, 0.05) is 28.6 Å². The van der Waals surface area contributed by atoms with Crippen molar-refractivity contribution in [2.75, 3.05) is 0 Å². The first-order valence-electron chi connectivity index (χ1n) is 5.82. The van der Waals surface area contributed by atoms with E-state index in [1.54, 1.807) is 0 Å². The van der Waals surface area contributed by atoms with Crippen LogP contribution in [0.2, 0.25) is 0 Å². The molecule has 0 N–H and O–H groups in total. The number of aryl methyl sites for hydroxylation is 1. The summed E-state index contributed by atoms with van der Waals surface area (Å²) in [7, 11) is 0. The minimum absolute atomic E-state index is 0. The maximum Gasteiger partial charge on any atom is 0.227 e. The van der Waals surface area contributed by atoms with Crippen LogP contribution in [0.25, 0.3) is 0 Å². The van der Waals surface area contributed by atoms with Crippen LogP contribution >= 0.6 is 15.9 Å². The highest BCUT2D eigenvalue weighted by Crippen LogP contribution is 2.11. The Kier molecular flexibility index (Phi) is 5.88. The second-order valence-corrected chi connectivity index (χ2v) is 5.25. The summed E-state index contributed by atoms with van der Waals surface area (Å²) < 4.78 is 2.97. The molecule has 2 rings (SSSR count). The number of nitrogens with zero attached hydrogens (tertiary/aromatic N) is 1. The predicted octanol–water partition coefficient (Wildman–Crippen LogP) is 0.240. The van der Waals surface area contributed by atoms with Gasteiger partial charge < -0.3 is 17.0 Å². The number of hydrogen-bond acceptors (Lipinski definition) is 1. The number of ketones is 1. The molecule has 0 aliphatic heterocycles. The third-order valence-electron chi connectivity index (χ3n) is 3.09. The van der Waals surface area contributed by atoms with Crippen LogP contribution in [-0.4, -0.2) is 5.78 Å². The number of Topliss-reactive ketones (excluding diaryl/α,β-unsaturated/α-hetero) is 1. The van der Waals surface area contributed by atoms with Crippen molar-refractivity contribution in [2.24, 2.45) is 0 Å². The summed E-state index contributed by atoms with van der Waals surface area (Å²) in [5.41, 5.74) is 3.07. The summed E-state index contributed by atoms with van der Waals surface area (Å²) in [6.07, 6.45) is 1.94. The van der Waals surface area contributed by atoms with E-state index in [1.807, 2.05) is 48.0 Å². The highest BCUT2D eigenvalue weighted by atomic mass is 79.9. The van der Waals surface area contributed by atoms with Crippen LogP contribution in [0, 0.1) is 13.8 Å². The quantitative estimate of drug-likeness (QED) is 0.548. The molecule has 0 aliphatic rings. The Morgan fingerprint density at radius 2 is 1.79 bits per heavy atom. The maximum atomic E-state index is 12.2. The van der Waals surface area contributed by atoms with Crippen LogP contribution in [0.4, 0.5) is 0 Å². The molecule has 0 unspecified atom stereocenters. The third-order valence-corrected chi connectivity index (χ3v) is 3.62. The lowest BCUT2D eigenvalue weighted by Crippen LogP contribution is -3.00. The molecule has 0 spiro atoms. The SMILES string of the molecule is Cc1ccc[n+](CC(=O)c2ccc(Br)cc2)c1C.[Br-]. The summed E-state index contributed by atoms with van der Waals surface area (Å²) in [4.78, 5) is 12.2. The largest absolute Gasteiger partial charge is 1.00 e. The van der Waals surface area contributed by atoms with E-state index in [-0.39, 0.29) is 22.8 Å². The fraction of sp³-hybridized carbons (Fsp3) is 0.200. The fourth-order valence-corrected chi connectivity index (χ4v) is 2.07. The first kappa shape index (κ1) is 16.1. The van der Waals surface area contributed by atoms with Crippen molar-refractivity contribution in [3.63, 3.8) is 0 Å². The lowest BCUT2D eigenvalue weighted by Gasteiger charge is -2.02. The molecule has 0 aliphatic carbocycles. The van der Waals surface area contributed by atoms with Crippen LogP contribution in [-0.2, 0) is 6.54 Å². The van der Waals surface area contributed by atoms with E-state index < -0.39 is 0 Å². The van der Waals surface area contributed by atoms with Gasteiger partial charge in [0.15, 0.2) is 11.9 Å². The Morgan fingerprint density at radius 3 is 2.42 bits per heavy atom. The standard InChI is InChI=1S/C15H15BrNO.BrH/c1-11-4-3-9-17(12(11)2)10-15(18)13-5-7-14(16)8-6-13;/h3-9H,10H2,1-2H3;1H/q+1;/p-1. The predicted molar refractivity (Wildman–Crippen MR) is 74.6 cm³/mol. The Labute approximate surface area is 132 Å². The van der Waals surface area contributed by atoms with E-state index in [1.165, 1.54) is 5.56 Å². The summed E-state index contributed by atoms with van der Waals surface area (Å²) in [6, 6.07) is 11.5. The summed E-state index contributed by atoms with van der Waals surface area (Å²) >= 11 is 3.37. The van der Waals surface area contributed by atoms with Crippen molar-refractivity contribution in [1.82, 2.24) is 0 Å². The zero-order chi connectivity index (χ0) is 13.1. The van der Waals surface area contributed by atoms with Gasteiger partial charge in [0.25, 0.3) is 0 Å². The van der Waals surface area contributed by atoms with E-state index in [0.717, 1.165) is 15.7 Å². The normalized spacial score (nSPS) is 9.84. The molecule has 0 saturated carbocycles. The molecule has 0 saturated heterocycles. The Hall–Kier alpha value is -1.000. The molecule has 1 aromatic heterocycles. The molecule has 0 amide bonds. The molecule has 1 heterocycles. The number of hydrogen-bond donors (Lipinski definition) is 0. The number of carbonyl (C=O) groups excluding carboxylic acids is 1. The smallest absolute Gasteiger partial charge is 0.227 e. The van der Waals surface area contributed by atoms with Crippen LogP contribution in [0.15, 0.2) is 47.1 Å². The number of aromatic nitrogens is 1. The Balaban J connectivity index is 0.00000180. The van der Waals surface area contributed by atoms with E-state index >= 15 is 0 Å². The summed E-state index contributed by atoms with van der Waals surface area (Å²) in [5, 5.41) is 0. The van der Waals surface area contributed by atoms with Crippen LogP contribution < -0.4 is 21.5 Å². The van der Waals surface area contributed by atoms with Crippen molar-refractivity contribution in [3.05, 3.63) is 63.9 Å². The Bertz CT molecular complexity index is 579. The number of benzene rings is 1. The second kappa shape index (κ2) is 6.96. The molecule has 0 atom stereocenters. The molecule has 4 heteroatoms. The number of carbonyl (C=O) groups is 1. The highest BCUT2D eigenvalue weighted by Gasteiger charge is 2.15. The molecule has 1 aromatic carbocycles.